The third-order valence-corrected chi connectivity index (χ3v) is 9.56. The fourth-order valence-corrected chi connectivity index (χ4v) is 6.22. The summed E-state index contributed by atoms with van der Waals surface area (Å²) in [4.78, 5) is 22.9. The van der Waals surface area contributed by atoms with E-state index < -0.39 is 94.2 Å². The van der Waals surface area contributed by atoms with Gasteiger partial charge in [0.25, 0.3) is 5.91 Å². The molecule has 384 valence electrons. The van der Waals surface area contributed by atoms with Crippen LogP contribution in [0.15, 0.2) is 119 Å². The molecule has 4 heterocycles. The number of nitrogens with zero attached hydrogens (tertiary/aromatic N) is 6. The van der Waals surface area contributed by atoms with Crippen LogP contribution in [0.25, 0.3) is 22.6 Å². The Morgan fingerprint density at radius 2 is 1.00 bits per heavy atom. The highest BCUT2D eigenvalue weighted by molar-refractivity contribution is 6.03. The zero-order valence-electron chi connectivity index (χ0n) is 35.7. The van der Waals surface area contributed by atoms with E-state index in [1.165, 1.54) is 12.4 Å². The fourth-order valence-electron chi connectivity index (χ4n) is 6.22. The summed E-state index contributed by atoms with van der Waals surface area (Å²) in [6.45, 7) is -0.870. The van der Waals surface area contributed by atoms with Crippen LogP contribution in [-0.4, -0.2) is 46.9 Å². The number of anilines is 2. The van der Waals surface area contributed by atoms with Crippen LogP contribution >= 0.6 is 0 Å². The van der Waals surface area contributed by atoms with Gasteiger partial charge in [0.1, 0.15) is 23.3 Å². The van der Waals surface area contributed by atoms with Gasteiger partial charge in [-0.3, -0.25) is 14.2 Å². The average molecular weight is 1050 g/mol. The lowest BCUT2D eigenvalue weighted by molar-refractivity contribution is -0.145. The SMILES string of the molecule is Nc1cnn(Cc2ccc(C(F)(F)F)cc2C(F)(F)F)c1.O=C(Nc1cnn(Cc2ccc(C(F)(F)F)cc2C(F)(F)F)c1)c1cc(-c2ccc(F)cc2F)on1.O=C(O)c1cc(-c2ccc(F)cc2F)on1. The molecule has 0 unspecified atom stereocenters. The standard InChI is InChI=1S/C22H12F8N4O2.C12H9F6N3.C10H5F2NO3/c23-13-3-4-15(17(24)6-13)19-7-18(33-36-19)20(35)32-14-8-31-34(10-14)9-11-1-2-12(21(25,26)27)5-16(11)22(28,29)30;13-11(14,15)8-2-1-7(10(3-8)12(16,17)18)5-21-6-9(19)4-20-21;11-5-1-2-6(7(12)3-5)9-4-8(10(14)15)13-16-9/h1-8,10H,9H2,(H,32,35);1-4,6H,5,19H2;1-4H,(H,14,15). The number of rotatable bonds is 9. The number of hydrogen-bond acceptors (Lipinski definition) is 9. The van der Waals surface area contributed by atoms with Gasteiger partial charge in [-0.05, 0) is 59.7 Å². The summed E-state index contributed by atoms with van der Waals surface area (Å²) >= 11 is 0. The van der Waals surface area contributed by atoms with Crippen molar-refractivity contribution in [2.45, 2.75) is 37.8 Å². The fraction of sp³-hybridized carbons (Fsp3) is 0.136. The minimum atomic E-state index is -5.05. The Balaban J connectivity index is 0.000000198. The van der Waals surface area contributed by atoms with Crippen LogP contribution in [0.5, 0.6) is 0 Å². The van der Waals surface area contributed by atoms with E-state index >= 15 is 0 Å². The maximum atomic E-state index is 13.9. The highest BCUT2D eigenvalue weighted by atomic mass is 19.4. The van der Waals surface area contributed by atoms with E-state index in [1.54, 1.807) is 0 Å². The van der Waals surface area contributed by atoms with Gasteiger partial charge in [-0.2, -0.15) is 62.9 Å². The second-order valence-corrected chi connectivity index (χ2v) is 14.8. The smallest absolute Gasteiger partial charge is 0.416 e. The Kier molecular flexibility index (Phi) is 15.4. The van der Waals surface area contributed by atoms with Crippen LogP contribution in [0.2, 0.25) is 0 Å². The quantitative estimate of drug-likeness (QED) is 0.118. The van der Waals surface area contributed by atoms with E-state index in [0.29, 0.717) is 30.3 Å². The number of carboxylic acid groups (broad SMARTS) is 1. The summed E-state index contributed by atoms with van der Waals surface area (Å²) in [5.41, 5.74) is -1.55. The summed E-state index contributed by atoms with van der Waals surface area (Å²) in [6.07, 6.45) is -15.0. The number of aromatic nitrogens is 6. The molecule has 0 atom stereocenters. The summed E-state index contributed by atoms with van der Waals surface area (Å²) in [7, 11) is 0. The van der Waals surface area contributed by atoms with E-state index in [9.17, 15) is 79.8 Å². The summed E-state index contributed by atoms with van der Waals surface area (Å²) in [6, 6.07) is 10.5. The van der Waals surface area contributed by atoms with Gasteiger partial charge in [0.2, 0.25) is 0 Å². The van der Waals surface area contributed by atoms with Gasteiger partial charge in [0.05, 0.1) is 70.2 Å². The summed E-state index contributed by atoms with van der Waals surface area (Å²) < 4.78 is 219. The average Bonchev–Trinajstić information content (AvgIpc) is 4.12. The predicted molar refractivity (Wildman–Crippen MR) is 219 cm³/mol. The molecule has 4 aromatic carbocycles. The van der Waals surface area contributed by atoms with E-state index in [2.05, 4.69) is 30.4 Å². The van der Waals surface area contributed by atoms with E-state index in [0.717, 1.165) is 64.2 Å². The molecule has 0 fully saturated rings. The first-order valence-corrected chi connectivity index (χ1v) is 19.7. The first-order chi connectivity index (χ1) is 34.0. The molecule has 0 saturated carbocycles. The third-order valence-electron chi connectivity index (χ3n) is 9.56. The Morgan fingerprint density at radius 3 is 1.40 bits per heavy atom. The number of carbonyl (C=O) groups excluding carboxylic acids is 1. The molecule has 0 bridgehead atoms. The molecule has 0 spiro atoms. The highest BCUT2D eigenvalue weighted by Crippen LogP contribution is 2.39. The van der Waals surface area contributed by atoms with Crippen molar-refractivity contribution in [2.24, 2.45) is 0 Å². The lowest BCUT2D eigenvalue weighted by atomic mass is 10.0. The molecule has 4 N–H and O–H groups in total. The zero-order chi connectivity index (χ0) is 53.8. The van der Waals surface area contributed by atoms with E-state index in [-0.39, 0.29) is 69.7 Å². The molecule has 0 aliphatic carbocycles. The van der Waals surface area contributed by atoms with E-state index in [4.69, 9.17) is 15.4 Å². The monoisotopic (exact) mass is 1050 g/mol. The summed E-state index contributed by atoms with van der Waals surface area (Å²) in [5.74, 6) is -5.65. The largest absolute Gasteiger partial charge is 0.476 e. The second kappa shape index (κ2) is 21.0. The number of carbonyl (C=O) groups is 2. The Bertz CT molecular complexity index is 3260. The Hall–Kier alpha value is -8.66. The molecule has 1 amide bonds. The summed E-state index contributed by atoms with van der Waals surface area (Å²) in [5, 5.41) is 25.2. The Labute approximate surface area is 396 Å². The maximum Gasteiger partial charge on any atom is 0.416 e. The van der Waals surface area contributed by atoms with Crippen molar-refractivity contribution in [1.29, 1.82) is 0 Å². The van der Waals surface area contributed by atoms with Crippen LogP contribution in [0.3, 0.4) is 0 Å². The number of carboxylic acids is 1. The number of alkyl halides is 12. The van der Waals surface area contributed by atoms with Gasteiger partial charge in [-0.1, -0.05) is 22.4 Å². The van der Waals surface area contributed by atoms with Crippen LogP contribution in [0.4, 0.5) is 81.6 Å². The molecular formula is C44H26F16N8O5. The third kappa shape index (κ3) is 13.8. The van der Waals surface area contributed by atoms with Crippen molar-refractivity contribution in [1.82, 2.24) is 29.9 Å². The lowest BCUT2D eigenvalue weighted by Gasteiger charge is -2.16. The molecule has 29 heteroatoms. The van der Waals surface area contributed by atoms with Crippen LogP contribution in [-0.2, 0) is 37.8 Å². The van der Waals surface area contributed by atoms with Crippen molar-refractivity contribution in [2.75, 3.05) is 11.1 Å². The molecule has 0 aliphatic rings. The van der Waals surface area contributed by atoms with Gasteiger partial charge in [0, 0.05) is 36.7 Å². The molecule has 0 radical (unpaired) electrons. The van der Waals surface area contributed by atoms with Crippen LogP contribution < -0.4 is 11.1 Å². The van der Waals surface area contributed by atoms with Gasteiger partial charge in [0.15, 0.2) is 22.9 Å². The topological polar surface area (TPSA) is 180 Å². The number of amides is 1. The molecule has 0 saturated heterocycles. The molecular weight excluding hydrogens is 1020 g/mol. The number of halogens is 16. The lowest BCUT2D eigenvalue weighted by Crippen LogP contribution is -2.15. The number of aromatic carboxylic acids is 1. The minimum Gasteiger partial charge on any atom is -0.476 e. The van der Waals surface area contributed by atoms with Crippen LogP contribution in [0.1, 0.15) is 54.4 Å². The number of nitrogens with two attached hydrogens (primary N) is 1. The van der Waals surface area contributed by atoms with Crippen molar-refractivity contribution in [3.8, 4) is 22.6 Å². The number of hydrogen-bond donors (Lipinski definition) is 3. The van der Waals surface area contributed by atoms with Gasteiger partial charge >= 0.3 is 30.7 Å². The predicted octanol–water partition coefficient (Wildman–Crippen LogP) is 12.0. The molecule has 8 rings (SSSR count). The molecule has 4 aromatic heterocycles. The van der Waals surface area contributed by atoms with Gasteiger partial charge < -0.3 is 25.2 Å². The normalized spacial score (nSPS) is 11.9. The first-order valence-electron chi connectivity index (χ1n) is 19.7. The van der Waals surface area contributed by atoms with Crippen molar-refractivity contribution >= 4 is 23.3 Å². The first kappa shape index (κ1) is 53.7. The van der Waals surface area contributed by atoms with Crippen molar-refractivity contribution in [3.05, 3.63) is 178 Å². The highest BCUT2D eigenvalue weighted by Gasteiger charge is 2.39. The molecule has 8 aromatic rings. The zero-order valence-corrected chi connectivity index (χ0v) is 35.7. The number of nitrogen functional groups attached to an aromatic ring is 1. The number of nitrogens with one attached hydrogen (secondary N) is 1. The molecule has 13 nitrogen and oxygen atoms in total. The number of benzene rings is 4. The molecule has 0 aliphatic heterocycles. The van der Waals surface area contributed by atoms with Crippen molar-refractivity contribution in [3.63, 3.8) is 0 Å². The maximum absolute atomic E-state index is 13.9. The van der Waals surface area contributed by atoms with Gasteiger partial charge in [-0.15, -0.1) is 0 Å². The van der Waals surface area contributed by atoms with Gasteiger partial charge in [-0.25, -0.2) is 22.4 Å². The second-order valence-electron chi connectivity index (χ2n) is 14.8. The van der Waals surface area contributed by atoms with Crippen molar-refractivity contribution < 1.29 is 94.0 Å². The Morgan fingerprint density at radius 1 is 0.562 bits per heavy atom. The molecule has 73 heavy (non-hydrogen) atoms. The van der Waals surface area contributed by atoms with E-state index in [1.807, 2.05) is 0 Å². The minimum absolute atomic E-state index is 0.0215. The van der Waals surface area contributed by atoms with Crippen LogP contribution in [0, 0.1) is 23.3 Å².